The van der Waals surface area contributed by atoms with Crippen LogP contribution < -0.4 is 0 Å². The smallest absolute Gasteiger partial charge is 0.226 e. The minimum Gasteiger partial charge on any atom is -0.441 e. The average molecular weight is 421 g/mol. The normalized spacial score (nSPS) is 11.3. The first-order valence-corrected chi connectivity index (χ1v) is 10.7. The number of hydrogen-bond acceptors (Lipinski definition) is 5. The number of nitrogens with zero attached hydrogens (tertiary/aromatic N) is 4. The van der Waals surface area contributed by atoms with Gasteiger partial charge in [-0.15, -0.1) is 0 Å². The summed E-state index contributed by atoms with van der Waals surface area (Å²) in [6.07, 6.45) is 3.44. The first-order valence-electron chi connectivity index (χ1n) is 10.7. The summed E-state index contributed by atoms with van der Waals surface area (Å²) in [5, 5.41) is 0. The van der Waals surface area contributed by atoms with Crippen LogP contribution in [0, 0.1) is 6.92 Å². The van der Waals surface area contributed by atoms with Crippen LogP contribution in [0.2, 0.25) is 0 Å². The predicted molar refractivity (Wildman–Crippen MR) is 127 cm³/mol. The van der Waals surface area contributed by atoms with E-state index in [9.17, 15) is 0 Å². The predicted octanol–water partition coefficient (Wildman–Crippen LogP) is 5.89. The molecule has 0 aliphatic heterocycles. The summed E-state index contributed by atoms with van der Waals surface area (Å²) in [5.41, 5.74) is 7.33. The lowest BCUT2D eigenvalue weighted by Gasteiger charge is -2.15. The van der Waals surface area contributed by atoms with E-state index in [2.05, 4.69) is 82.6 Å². The molecule has 2 aromatic heterocycles. The molecule has 0 atom stereocenters. The number of benzene rings is 3. The number of fused-ring (bicyclic) bond motifs is 1. The van der Waals surface area contributed by atoms with Crippen LogP contribution in [0.4, 0.5) is 0 Å². The molecule has 5 heteroatoms. The van der Waals surface area contributed by atoms with E-state index in [0.717, 1.165) is 34.6 Å². The van der Waals surface area contributed by atoms with Crippen LogP contribution in [-0.4, -0.2) is 26.9 Å². The molecular weight excluding hydrogens is 396 g/mol. The molecule has 5 nitrogen and oxygen atoms in total. The second kappa shape index (κ2) is 8.73. The zero-order chi connectivity index (χ0) is 21.9. The monoisotopic (exact) mass is 420 g/mol. The molecule has 0 aliphatic rings. The van der Waals surface area contributed by atoms with Gasteiger partial charge in [-0.2, -0.15) is 0 Å². The van der Waals surface area contributed by atoms with Crippen molar-refractivity contribution in [3.05, 3.63) is 102 Å². The molecule has 0 unspecified atom stereocenters. The molecule has 5 rings (SSSR count). The van der Waals surface area contributed by atoms with Crippen molar-refractivity contribution in [2.24, 2.45) is 0 Å². The van der Waals surface area contributed by atoms with E-state index in [1.807, 2.05) is 19.1 Å². The van der Waals surface area contributed by atoms with Gasteiger partial charge >= 0.3 is 0 Å². The molecule has 5 aromatic rings. The Kier molecular flexibility index (Phi) is 5.48. The highest BCUT2D eigenvalue weighted by Gasteiger charge is 2.14. The third-order valence-corrected chi connectivity index (χ3v) is 5.54. The molecule has 0 fully saturated rings. The van der Waals surface area contributed by atoms with Crippen molar-refractivity contribution in [1.82, 2.24) is 19.9 Å². The maximum atomic E-state index is 6.00. The van der Waals surface area contributed by atoms with Gasteiger partial charge in [0.25, 0.3) is 0 Å². The van der Waals surface area contributed by atoms with Crippen molar-refractivity contribution in [2.45, 2.75) is 20.0 Å². The van der Waals surface area contributed by atoms with Gasteiger partial charge in [0.15, 0.2) is 0 Å². The minimum atomic E-state index is 0.659. The zero-order valence-corrected chi connectivity index (χ0v) is 18.2. The highest BCUT2D eigenvalue weighted by atomic mass is 16.4. The Balaban J connectivity index is 1.29. The Hall–Kier alpha value is -3.83. The van der Waals surface area contributed by atoms with Gasteiger partial charge in [-0.25, -0.2) is 4.98 Å². The Morgan fingerprint density at radius 3 is 2.22 bits per heavy atom. The lowest BCUT2D eigenvalue weighted by atomic mass is 10.0. The molecule has 2 heterocycles. The SMILES string of the molecule is Cc1oc(-c2ccc(-c3ccccc3)cc2)nc1CN(C)Cc1ccc2nccnc2c1. The molecule has 0 bridgehead atoms. The largest absolute Gasteiger partial charge is 0.441 e. The van der Waals surface area contributed by atoms with Gasteiger partial charge in [-0.1, -0.05) is 48.5 Å². The standard InChI is InChI=1S/C27H24N4O/c1-19-26(18-31(2)17-20-8-13-24-25(16-20)29-15-14-28-24)30-27(32-19)23-11-9-22(10-12-23)21-6-4-3-5-7-21/h3-16H,17-18H2,1-2H3. The number of oxazole rings is 1. The van der Waals surface area contributed by atoms with Crippen LogP contribution in [-0.2, 0) is 13.1 Å². The summed E-state index contributed by atoms with van der Waals surface area (Å²) < 4.78 is 6.00. The summed E-state index contributed by atoms with van der Waals surface area (Å²) in [5.74, 6) is 1.51. The van der Waals surface area contributed by atoms with Crippen molar-refractivity contribution < 1.29 is 4.42 Å². The van der Waals surface area contributed by atoms with E-state index in [-0.39, 0.29) is 0 Å². The number of aromatic nitrogens is 3. The molecule has 0 saturated heterocycles. The van der Waals surface area contributed by atoms with Crippen LogP contribution in [0.1, 0.15) is 17.0 Å². The third-order valence-electron chi connectivity index (χ3n) is 5.54. The zero-order valence-electron chi connectivity index (χ0n) is 18.2. The van der Waals surface area contributed by atoms with Crippen LogP contribution in [0.3, 0.4) is 0 Å². The van der Waals surface area contributed by atoms with E-state index in [1.165, 1.54) is 16.7 Å². The lowest BCUT2D eigenvalue weighted by Crippen LogP contribution is -2.18. The topological polar surface area (TPSA) is 55.1 Å². The summed E-state index contributed by atoms with van der Waals surface area (Å²) in [6.45, 7) is 3.47. The van der Waals surface area contributed by atoms with Gasteiger partial charge in [0.1, 0.15) is 5.76 Å². The number of aryl methyl sites for hydroxylation is 1. The molecule has 0 spiro atoms. The molecule has 0 saturated carbocycles. The minimum absolute atomic E-state index is 0.659. The fourth-order valence-electron chi connectivity index (χ4n) is 3.86. The fraction of sp³-hybridized carbons (Fsp3) is 0.148. The fourth-order valence-corrected chi connectivity index (χ4v) is 3.86. The number of rotatable bonds is 6. The van der Waals surface area contributed by atoms with Gasteiger partial charge in [0.2, 0.25) is 5.89 Å². The van der Waals surface area contributed by atoms with E-state index in [1.54, 1.807) is 12.4 Å². The van der Waals surface area contributed by atoms with Crippen LogP contribution >= 0.6 is 0 Å². The second-order valence-electron chi connectivity index (χ2n) is 8.02. The highest BCUT2D eigenvalue weighted by Crippen LogP contribution is 2.26. The summed E-state index contributed by atoms with van der Waals surface area (Å²) in [7, 11) is 2.09. The number of hydrogen-bond donors (Lipinski definition) is 0. The Morgan fingerprint density at radius 1 is 0.750 bits per heavy atom. The maximum absolute atomic E-state index is 6.00. The van der Waals surface area contributed by atoms with Crippen LogP contribution in [0.25, 0.3) is 33.6 Å². The maximum Gasteiger partial charge on any atom is 0.226 e. The Morgan fingerprint density at radius 2 is 1.44 bits per heavy atom. The quantitative estimate of drug-likeness (QED) is 0.343. The van der Waals surface area contributed by atoms with E-state index in [4.69, 9.17) is 9.40 Å². The average Bonchev–Trinajstić information content (AvgIpc) is 3.19. The summed E-state index contributed by atoms with van der Waals surface area (Å²) in [4.78, 5) is 15.7. The van der Waals surface area contributed by atoms with Crippen molar-refractivity contribution in [3.8, 4) is 22.6 Å². The molecule has 158 valence electrons. The first kappa shape index (κ1) is 20.1. The van der Waals surface area contributed by atoms with E-state index >= 15 is 0 Å². The summed E-state index contributed by atoms with van der Waals surface area (Å²) in [6, 6.07) is 24.9. The van der Waals surface area contributed by atoms with E-state index < -0.39 is 0 Å². The van der Waals surface area contributed by atoms with Crippen LogP contribution in [0.5, 0.6) is 0 Å². The van der Waals surface area contributed by atoms with Gasteiger partial charge in [0, 0.05) is 31.0 Å². The molecule has 0 radical (unpaired) electrons. The highest BCUT2D eigenvalue weighted by molar-refractivity contribution is 5.74. The second-order valence-corrected chi connectivity index (χ2v) is 8.02. The molecule has 32 heavy (non-hydrogen) atoms. The molecule has 0 amide bonds. The third kappa shape index (κ3) is 4.29. The molecular formula is C27H24N4O. The lowest BCUT2D eigenvalue weighted by molar-refractivity contribution is 0.313. The van der Waals surface area contributed by atoms with Gasteiger partial charge in [-0.3, -0.25) is 14.9 Å². The molecule has 3 aromatic carbocycles. The first-order chi connectivity index (χ1) is 15.7. The molecule has 0 N–H and O–H groups in total. The Labute approximate surface area is 187 Å². The van der Waals surface area contributed by atoms with Crippen molar-refractivity contribution in [1.29, 1.82) is 0 Å². The van der Waals surface area contributed by atoms with Crippen molar-refractivity contribution in [3.63, 3.8) is 0 Å². The molecule has 0 aliphatic carbocycles. The Bertz CT molecular complexity index is 1340. The summed E-state index contributed by atoms with van der Waals surface area (Å²) >= 11 is 0. The van der Waals surface area contributed by atoms with Gasteiger partial charge in [0.05, 0.1) is 16.7 Å². The van der Waals surface area contributed by atoms with Crippen molar-refractivity contribution >= 4 is 11.0 Å². The van der Waals surface area contributed by atoms with Crippen LogP contribution in [0.15, 0.2) is 89.6 Å². The van der Waals surface area contributed by atoms with Crippen molar-refractivity contribution in [2.75, 3.05) is 7.05 Å². The van der Waals surface area contributed by atoms with Gasteiger partial charge < -0.3 is 4.42 Å². The van der Waals surface area contributed by atoms with Gasteiger partial charge in [-0.05, 0) is 54.9 Å². The van der Waals surface area contributed by atoms with E-state index in [0.29, 0.717) is 12.4 Å².